The Balaban J connectivity index is 1.10. The van der Waals surface area contributed by atoms with Gasteiger partial charge in [-0.25, -0.2) is 19.9 Å². The minimum atomic E-state index is 0.638. The summed E-state index contributed by atoms with van der Waals surface area (Å²) in [5, 5.41) is 3.59. The zero-order chi connectivity index (χ0) is 33.3. The smallest absolute Gasteiger partial charge is 0.164 e. The first kappa shape index (κ1) is 29.4. The van der Waals surface area contributed by atoms with Crippen molar-refractivity contribution in [3.8, 4) is 67.7 Å². The highest BCUT2D eigenvalue weighted by Gasteiger charge is 2.15. The monoisotopic (exact) mass is 638 g/mol. The number of nitrogens with zero attached hydrogens (tertiary/aromatic N) is 4. The summed E-state index contributed by atoms with van der Waals surface area (Å²) < 4.78 is 0. The molecule has 0 amide bonds. The first-order valence-corrected chi connectivity index (χ1v) is 16.7. The Hall–Kier alpha value is -6.78. The fourth-order valence-corrected chi connectivity index (χ4v) is 6.61. The second-order valence-corrected chi connectivity index (χ2v) is 12.3. The molecule has 9 rings (SSSR count). The number of hydrogen-bond acceptors (Lipinski definition) is 4. The van der Waals surface area contributed by atoms with Gasteiger partial charge < -0.3 is 0 Å². The standard InChI is InChI=1S/C46H30N4/c1-4-13-32(14-5-1)40-30-42(47-41-28-27-33-15-10-11-22-39(33)43(40)41)38-21-12-20-37(29-38)31-23-25-36(26-24-31)46-49-44(34-16-6-2-7-17-34)48-45(50-46)35-18-8-3-9-19-35/h1-30H. The summed E-state index contributed by atoms with van der Waals surface area (Å²) in [5.74, 6) is 1.94. The number of fused-ring (bicyclic) bond motifs is 3. The van der Waals surface area contributed by atoms with Crippen LogP contribution in [0.1, 0.15) is 0 Å². The molecule has 0 N–H and O–H groups in total. The van der Waals surface area contributed by atoms with E-state index in [1.807, 2.05) is 60.7 Å². The molecule has 0 fully saturated rings. The van der Waals surface area contributed by atoms with Crippen molar-refractivity contribution in [2.24, 2.45) is 0 Å². The van der Waals surface area contributed by atoms with Gasteiger partial charge in [0.1, 0.15) is 0 Å². The molecule has 234 valence electrons. The maximum absolute atomic E-state index is 5.21. The summed E-state index contributed by atoms with van der Waals surface area (Å²) in [5.41, 5.74) is 10.4. The second-order valence-electron chi connectivity index (χ2n) is 12.3. The maximum atomic E-state index is 5.21. The van der Waals surface area contributed by atoms with Gasteiger partial charge in [0.15, 0.2) is 17.5 Å². The molecule has 4 heteroatoms. The Labute approximate surface area is 290 Å². The van der Waals surface area contributed by atoms with Gasteiger partial charge >= 0.3 is 0 Å². The first-order valence-electron chi connectivity index (χ1n) is 16.7. The Morgan fingerprint density at radius 3 is 1.44 bits per heavy atom. The van der Waals surface area contributed by atoms with Gasteiger partial charge in [-0.2, -0.15) is 0 Å². The van der Waals surface area contributed by atoms with E-state index in [1.54, 1.807) is 0 Å². The van der Waals surface area contributed by atoms with Crippen LogP contribution < -0.4 is 0 Å². The Kier molecular flexibility index (Phi) is 7.45. The summed E-state index contributed by atoms with van der Waals surface area (Å²) in [4.78, 5) is 19.9. The van der Waals surface area contributed by atoms with E-state index in [2.05, 4.69) is 121 Å². The van der Waals surface area contributed by atoms with Crippen LogP contribution in [-0.2, 0) is 0 Å². The van der Waals surface area contributed by atoms with Crippen molar-refractivity contribution in [3.63, 3.8) is 0 Å². The van der Waals surface area contributed by atoms with Crippen molar-refractivity contribution >= 4 is 21.7 Å². The van der Waals surface area contributed by atoms with Crippen LogP contribution in [0, 0.1) is 0 Å². The Morgan fingerprint density at radius 1 is 0.300 bits per heavy atom. The highest BCUT2D eigenvalue weighted by Crippen LogP contribution is 2.37. The fraction of sp³-hybridized carbons (Fsp3) is 0. The predicted octanol–water partition coefficient (Wildman–Crippen LogP) is 11.6. The fourth-order valence-electron chi connectivity index (χ4n) is 6.61. The molecule has 2 heterocycles. The largest absolute Gasteiger partial charge is 0.248 e. The van der Waals surface area contributed by atoms with Crippen LogP contribution in [0.5, 0.6) is 0 Å². The van der Waals surface area contributed by atoms with Crippen molar-refractivity contribution in [2.45, 2.75) is 0 Å². The average molecular weight is 639 g/mol. The third kappa shape index (κ3) is 5.59. The van der Waals surface area contributed by atoms with Gasteiger partial charge in [-0.15, -0.1) is 0 Å². The van der Waals surface area contributed by atoms with Gasteiger partial charge in [-0.05, 0) is 51.2 Å². The number of benzene rings is 7. The molecular weight excluding hydrogens is 609 g/mol. The molecule has 0 saturated carbocycles. The van der Waals surface area contributed by atoms with Crippen LogP contribution in [0.2, 0.25) is 0 Å². The van der Waals surface area contributed by atoms with E-state index >= 15 is 0 Å². The summed E-state index contributed by atoms with van der Waals surface area (Å²) in [6.45, 7) is 0. The summed E-state index contributed by atoms with van der Waals surface area (Å²) >= 11 is 0. The predicted molar refractivity (Wildman–Crippen MR) is 205 cm³/mol. The van der Waals surface area contributed by atoms with Gasteiger partial charge in [-0.1, -0.05) is 164 Å². The van der Waals surface area contributed by atoms with E-state index in [0.717, 1.165) is 44.6 Å². The molecule has 0 spiro atoms. The van der Waals surface area contributed by atoms with Crippen LogP contribution in [0.4, 0.5) is 0 Å². The normalized spacial score (nSPS) is 11.2. The Bertz CT molecular complexity index is 2560. The van der Waals surface area contributed by atoms with Gasteiger partial charge in [0.25, 0.3) is 0 Å². The van der Waals surface area contributed by atoms with E-state index < -0.39 is 0 Å². The lowest BCUT2D eigenvalue weighted by Gasteiger charge is -2.14. The van der Waals surface area contributed by atoms with Crippen LogP contribution in [0.25, 0.3) is 89.4 Å². The third-order valence-electron chi connectivity index (χ3n) is 9.12. The average Bonchev–Trinajstić information content (AvgIpc) is 3.21. The SMILES string of the molecule is c1ccc(-c2nc(-c3ccccc3)nc(-c3ccc(-c4cccc(-c5cc(-c6ccccc6)c6c(ccc7ccccc76)n5)c4)cc3)n2)cc1. The Morgan fingerprint density at radius 2 is 0.800 bits per heavy atom. The second kappa shape index (κ2) is 12.7. The lowest BCUT2D eigenvalue weighted by molar-refractivity contribution is 1.07. The highest BCUT2D eigenvalue weighted by molar-refractivity contribution is 6.13. The molecule has 9 aromatic rings. The lowest BCUT2D eigenvalue weighted by Crippen LogP contribution is -2.00. The van der Waals surface area contributed by atoms with Crippen molar-refractivity contribution in [1.82, 2.24) is 19.9 Å². The van der Waals surface area contributed by atoms with E-state index in [4.69, 9.17) is 19.9 Å². The number of hydrogen-bond donors (Lipinski definition) is 0. The molecule has 0 unspecified atom stereocenters. The quantitative estimate of drug-likeness (QED) is 0.170. The zero-order valence-corrected chi connectivity index (χ0v) is 27.1. The molecular formula is C46H30N4. The lowest BCUT2D eigenvalue weighted by atomic mass is 9.94. The summed E-state index contributed by atoms with van der Waals surface area (Å²) in [6, 6.07) is 62.9. The first-order chi connectivity index (χ1) is 24.8. The third-order valence-corrected chi connectivity index (χ3v) is 9.12. The van der Waals surface area contributed by atoms with E-state index in [9.17, 15) is 0 Å². The van der Waals surface area contributed by atoms with Crippen molar-refractivity contribution in [1.29, 1.82) is 0 Å². The van der Waals surface area contributed by atoms with Crippen LogP contribution in [0.3, 0.4) is 0 Å². The van der Waals surface area contributed by atoms with Crippen LogP contribution in [-0.4, -0.2) is 19.9 Å². The van der Waals surface area contributed by atoms with Gasteiger partial charge in [-0.3, -0.25) is 0 Å². The van der Waals surface area contributed by atoms with E-state index in [-0.39, 0.29) is 0 Å². The number of rotatable bonds is 6. The molecule has 0 aliphatic carbocycles. The van der Waals surface area contributed by atoms with Crippen molar-refractivity contribution in [3.05, 3.63) is 182 Å². The van der Waals surface area contributed by atoms with Gasteiger partial charge in [0, 0.05) is 27.6 Å². The van der Waals surface area contributed by atoms with Crippen LogP contribution >= 0.6 is 0 Å². The minimum absolute atomic E-state index is 0.638. The molecule has 0 aliphatic rings. The van der Waals surface area contributed by atoms with Crippen molar-refractivity contribution < 1.29 is 0 Å². The molecule has 0 atom stereocenters. The molecule has 50 heavy (non-hydrogen) atoms. The minimum Gasteiger partial charge on any atom is -0.248 e. The zero-order valence-electron chi connectivity index (χ0n) is 27.1. The van der Waals surface area contributed by atoms with E-state index in [0.29, 0.717) is 17.5 Å². The molecule has 0 bridgehead atoms. The van der Waals surface area contributed by atoms with E-state index in [1.165, 1.54) is 27.3 Å². The van der Waals surface area contributed by atoms with Gasteiger partial charge in [0.2, 0.25) is 0 Å². The molecule has 0 aliphatic heterocycles. The molecule has 2 aromatic heterocycles. The maximum Gasteiger partial charge on any atom is 0.164 e. The molecule has 4 nitrogen and oxygen atoms in total. The van der Waals surface area contributed by atoms with Gasteiger partial charge in [0.05, 0.1) is 11.2 Å². The molecule has 0 radical (unpaired) electrons. The summed E-state index contributed by atoms with van der Waals surface area (Å²) in [6.07, 6.45) is 0. The van der Waals surface area contributed by atoms with Crippen molar-refractivity contribution in [2.75, 3.05) is 0 Å². The topological polar surface area (TPSA) is 51.6 Å². The molecule has 7 aromatic carbocycles. The van der Waals surface area contributed by atoms with Crippen LogP contribution in [0.15, 0.2) is 182 Å². The number of pyridine rings is 1. The summed E-state index contributed by atoms with van der Waals surface area (Å²) in [7, 11) is 0. The highest BCUT2D eigenvalue weighted by atomic mass is 15.0. The number of aromatic nitrogens is 4. The molecule has 0 saturated heterocycles.